The molecule has 0 aliphatic heterocycles. The summed E-state index contributed by atoms with van der Waals surface area (Å²) in [6.07, 6.45) is 3.33. The van der Waals surface area contributed by atoms with E-state index in [9.17, 15) is 9.90 Å². The molecule has 110 valence electrons. The number of hydrogen-bond acceptors (Lipinski definition) is 3. The van der Waals surface area contributed by atoms with Crippen molar-refractivity contribution in [3.63, 3.8) is 0 Å². The Kier molecular flexibility index (Phi) is 4.84. The first-order chi connectivity index (χ1) is 9.61. The summed E-state index contributed by atoms with van der Waals surface area (Å²) in [5.74, 6) is 0.819. The van der Waals surface area contributed by atoms with Crippen molar-refractivity contribution < 1.29 is 14.6 Å². The summed E-state index contributed by atoms with van der Waals surface area (Å²) in [7, 11) is 1.63. The molecule has 0 atom stereocenters. The lowest BCUT2D eigenvalue weighted by atomic mass is 9.80. The molecule has 5 nitrogen and oxygen atoms in total. The van der Waals surface area contributed by atoms with Gasteiger partial charge in [0, 0.05) is 13.1 Å². The van der Waals surface area contributed by atoms with Crippen LogP contribution in [0.25, 0.3) is 0 Å². The van der Waals surface area contributed by atoms with Crippen molar-refractivity contribution in [1.29, 1.82) is 0 Å². The largest absolute Gasteiger partial charge is 0.497 e. The Hall–Kier alpha value is -1.75. The third-order valence-electron chi connectivity index (χ3n) is 3.70. The van der Waals surface area contributed by atoms with Crippen LogP contribution in [0.2, 0.25) is 0 Å². The van der Waals surface area contributed by atoms with Gasteiger partial charge in [0.05, 0.1) is 12.7 Å². The van der Waals surface area contributed by atoms with Crippen LogP contribution >= 0.6 is 0 Å². The first-order valence-corrected chi connectivity index (χ1v) is 6.98. The normalized spacial score (nSPS) is 16.1. The molecule has 1 fully saturated rings. The zero-order valence-electron chi connectivity index (χ0n) is 11.8. The highest BCUT2D eigenvalue weighted by Gasteiger charge is 2.34. The molecule has 20 heavy (non-hydrogen) atoms. The predicted molar refractivity (Wildman–Crippen MR) is 76.9 cm³/mol. The molecule has 0 heterocycles. The lowest BCUT2D eigenvalue weighted by Gasteiger charge is -2.36. The van der Waals surface area contributed by atoms with Gasteiger partial charge in [-0.15, -0.1) is 0 Å². The molecule has 1 aromatic rings. The number of carbonyl (C=O) groups is 1. The van der Waals surface area contributed by atoms with Crippen molar-refractivity contribution in [1.82, 2.24) is 10.6 Å². The molecule has 1 saturated carbocycles. The van der Waals surface area contributed by atoms with Gasteiger partial charge in [-0.2, -0.15) is 0 Å². The predicted octanol–water partition coefficient (Wildman–Crippen LogP) is 1.45. The first kappa shape index (κ1) is 14.7. The van der Waals surface area contributed by atoms with Crippen LogP contribution in [-0.2, 0) is 6.42 Å². The molecule has 1 aromatic carbocycles. The molecular weight excluding hydrogens is 256 g/mol. The second-order valence-corrected chi connectivity index (χ2v) is 5.29. The summed E-state index contributed by atoms with van der Waals surface area (Å²) in [6, 6.07) is 7.55. The molecule has 0 saturated heterocycles. The molecule has 3 N–H and O–H groups in total. The number of urea groups is 1. The Morgan fingerprint density at radius 3 is 2.85 bits per heavy atom. The molecule has 5 heteroatoms. The maximum Gasteiger partial charge on any atom is 0.314 e. The molecule has 0 unspecified atom stereocenters. The Morgan fingerprint density at radius 1 is 1.40 bits per heavy atom. The standard InChI is InChI=1S/C15H22N2O3/c1-20-13-5-2-4-12(10-13)6-9-16-14(18)17-11-15(19)7-3-8-15/h2,4-5,10,19H,3,6-9,11H2,1H3,(H2,16,17,18). The fraction of sp³-hybridized carbons (Fsp3) is 0.533. The van der Waals surface area contributed by atoms with Gasteiger partial charge in [-0.1, -0.05) is 12.1 Å². The third-order valence-corrected chi connectivity index (χ3v) is 3.70. The van der Waals surface area contributed by atoms with Crippen molar-refractivity contribution in [2.45, 2.75) is 31.3 Å². The summed E-state index contributed by atoms with van der Waals surface area (Å²) in [4.78, 5) is 11.6. The number of carbonyl (C=O) groups excluding carboxylic acids is 1. The van der Waals surface area contributed by atoms with Gasteiger partial charge < -0.3 is 20.5 Å². The Morgan fingerprint density at radius 2 is 2.20 bits per heavy atom. The molecule has 1 aliphatic rings. The van der Waals surface area contributed by atoms with E-state index in [0.29, 0.717) is 13.1 Å². The average molecular weight is 278 g/mol. The van der Waals surface area contributed by atoms with E-state index in [2.05, 4.69) is 10.6 Å². The molecule has 0 aromatic heterocycles. The number of hydrogen-bond donors (Lipinski definition) is 3. The molecular formula is C15H22N2O3. The second-order valence-electron chi connectivity index (χ2n) is 5.29. The van der Waals surface area contributed by atoms with E-state index in [0.717, 1.165) is 37.0 Å². The lowest BCUT2D eigenvalue weighted by molar-refractivity contribution is -0.0290. The topological polar surface area (TPSA) is 70.6 Å². The number of methoxy groups -OCH3 is 1. The number of amides is 2. The van der Waals surface area contributed by atoms with Gasteiger partial charge in [0.2, 0.25) is 0 Å². The molecule has 0 radical (unpaired) electrons. The highest BCUT2D eigenvalue weighted by atomic mass is 16.5. The average Bonchev–Trinajstić information content (AvgIpc) is 2.43. The molecule has 1 aliphatic carbocycles. The van der Waals surface area contributed by atoms with Crippen LogP contribution in [0.15, 0.2) is 24.3 Å². The quantitative estimate of drug-likeness (QED) is 0.737. The zero-order valence-corrected chi connectivity index (χ0v) is 11.8. The summed E-state index contributed by atoms with van der Waals surface area (Å²) in [6.45, 7) is 0.884. The number of benzene rings is 1. The number of ether oxygens (including phenoxy) is 1. The Labute approximate surface area is 119 Å². The van der Waals surface area contributed by atoms with Crippen LogP contribution in [0.4, 0.5) is 4.79 Å². The molecule has 0 spiro atoms. The van der Waals surface area contributed by atoms with Crippen LogP contribution in [0.3, 0.4) is 0 Å². The van der Waals surface area contributed by atoms with E-state index >= 15 is 0 Å². The van der Waals surface area contributed by atoms with Gasteiger partial charge in [-0.25, -0.2) is 4.79 Å². The minimum atomic E-state index is -0.676. The summed E-state index contributed by atoms with van der Waals surface area (Å²) in [5, 5.41) is 15.4. The lowest BCUT2D eigenvalue weighted by Crippen LogP contribution is -2.50. The molecule has 2 rings (SSSR count). The van der Waals surface area contributed by atoms with Crippen LogP contribution in [0, 0.1) is 0 Å². The summed E-state index contributed by atoms with van der Waals surface area (Å²) in [5.41, 5.74) is 0.437. The van der Waals surface area contributed by atoms with E-state index in [-0.39, 0.29) is 6.03 Å². The highest BCUT2D eigenvalue weighted by Crippen LogP contribution is 2.30. The minimum Gasteiger partial charge on any atom is -0.497 e. The smallest absolute Gasteiger partial charge is 0.314 e. The summed E-state index contributed by atoms with van der Waals surface area (Å²) >= 11 is 0. The van der Waals surface area contributed by atoms with E-state index in [1.54, 1.807) is 7.11 Å². The fourth-order valence-corrected chi connectivity index (χ4v) is 2.22. The van der Waals surface area contributed by atoms with Crippen LogP contribution in [-0.4, -0.2) is 36.9 Å². The van der Waals surface area contributed by atoms with Gasteiger partial charge in [0.25, 0.3) is 0 Å². The molecule has 2 amide bonds. The number of nitrogens with one attached hydrogen (secondary N) is 2. The molecule has 0 bridgehead atoms. The maximum absolute atomic E-state index is 11.6. The minimum absolute atomic E-state index is 0.228. The van der Waals surface area contributed by atoms with E-state index in [4.69, 9.17) is 4.74 Å². The zero-order chi connectivity index (χ0) is 14.4. The van der Waals surface area contributed by atoms with Gasteiger partial charge in [0.1, 0.15) is 5.75 Å². The third kappa shape index (κ3) is 4.13. The first-order valence-electron chi connectivity index (χ1n) is 6.98. The van der Waals surface area contributed by atoms with Crippen molar-refractivity contribution >= 4 is 6.03 Å². The van der Waals surface area contributed by atoms with Crippen LogP contribution < -0.4 is 15.4 Å². The van der Waals surface area contributed by atoms with Crippen LogP contribution in [0.1, 0.15) is 24.8 Å². The summed E-state index contributed by atoms with van der Waals surface area (Å²) < 4.78 is 5.15. The fourth-order valence-electron chi connectivity index (χ4n) is 2.22. The van der Waals surface area contributed by atoms with E-state index < -0.39 is 5.60 Å². The highest BCUT2D eigenvalue weighted by molar-refractivity contribution is 5.73. The SMILES string of the molecule is COc1cccc(CCNC(=O)NCC2(O)CCC2)c1. The Balaban J connectivity index is 1.65. The van der Waals surface area contributed by atoms with Crippen molar-refractivity contribution in [2.24, 2.45) is 0 Å². The van der Waals surface area contributed by atoms with E-state index in [1.165, 1.54) is 0 Å². The van der Waals surface area contributed by atoms with Gasteiger partial charge in [0.15, 0.2) is 0 Å². The van der Waals surface area contributed by atoms with Crippen molar-refractivity contribution in [2.75, 3.05) is 20.2 Å². The van der Waals surface area contributed by atoms with Crippen molar-refractivity contribution in [3.8, 4) is 5.75 Å². The van der Waals surface area contributed by atoms with E-state index in [1.807, 2.05) is 24.3 Å². The number of aliphatic hydroxyl groups is 1. The number of rotatable bonds is 6. The van der Waals surface area contributed by atoms with Gasteiger partial charge in [-0.05, 0) is 43.4 Å². The second kappa shape index (κ2) is 6.61. The van der Waals surface area contributed by atoms with Gasteiger partial charge in [-0.3, -0.25) is 0 Å². The monoisotopic (exact) mass is 278 g/mol. The maximum atomic E-state index is 11.6. The van der Waals surface area contributed by atoms with Crippen molar-refractivity contribution in [3.05, 3.63) is 29.8 Å². The van der Waals surface area contributed by atoms with Crippen LogP contribution in [0.5, 0.6) is 5.75 Å². The Bertz CT molecular complexity index is 458. The van der Waals surface area contributed by atoms with Gasteiger partial charge >= 0.3 is 6.03 Å².